The smallest absolute Gasteiger partial charge is 0.203 e. The molecule has 0 aliphatic heterocycles. The summed E-state index contributed by atoms with van der Waals surface area (Å²) in [5.41, 5.74) is 5.87. The minimum atomic E-state index is 0.662. The maximum absolute atomic E-state index is 5.90. The molecule has 0 aliphatic rings. The molecule has 122 valence electrons. The lowest BCUT2D eigenvalue weighted by Crippen LogP contribution is -1.92. The summed E-state index contributed by atoms with van der Waals surface area (Å²) in [5.74, 6) is 0.857. The molecule has 0 fully saturated rings. The predicted molar refractivity (Wildman–Crippen MR) is 101 cm³/mol. The van der Waals surface area contributed by atoms with Crippen LogP contribution in [0.2, 0.25) is 5.02 Å². The molecule has 0 spiro atoms. The van der Waals surface area contributed by atoms with E-state index in [0.29, 0.717) is 11.6 Å². The Balaban J connectivity index is 1.61. The third-order valence-corrected chi connectivity index (χ3v) is 4.21. The summed E-state index contributed by atoms with van der Waals surface area (Å²) < 4.78 is 5.41. The number of hydrazone groups is 1. The summed E-state index contributed by atoms with van der Waals surface area (Å²) in [6.45, 7) is 2.63. The number of thiazole rings is 1. The van der Waals surface area contributed by atoms with E-state index in [4.69, 9.17) is 16.3 Å². The fourth-order valence-electron chi connectivity index (χ4n) is 2.06. The normalized spacial score (nSPS) is 10.9. The molecular weight excluding hydrogens is 342 g/mol. The number of ether oxygens (including phenoxy) is 1. The lowest BCUT2D eigenvalue weighted by Gasteiger charge is -2.02. The van der Waals surface area contributed by atoms with E-state index in [9.17, 15) is 0 Å². The van der Waals surface area contributed by atoms with Crippen LogP contribution >= 0.6 is 22.9 Å². The van der Waals surface area contributed by atoms with E-state index in [2.05, 4.69) is 15.5 Å². The highest BCUT2D eigenvalue weighted by atomic mass is 35.5. The Hall–Kier alpha value is -2.37. The van der Waals surface area contributed by atoms with Crippen molar-refractivity contribution in [3.8, 4) is 17.0 Å². The second-order valence-corrected chi connectivity index (χ2v) is 6.21. The lowest BCUT2D eigenvalue weighted by atomic mass is 10.2. The van der Waals surface area contributed by atoms with Gasteiger partial charge in [-0.25, -0.2) is 4.98 Å². The first kappa shape index (κ1) is 16.5. The number of hydrogen-bond acceptors (Lipinski definition) is 5. The number of nitrogens with zero attached hydrogens (tertiary/aromatic N) is 2. The molecule has 4 nitrogen and oxygen atoms in total. The number of nitrogens with one attached hydrogen (secondary N) is 1. The molecule has 0 saturated carbocycles. The van der Waals surface area contributed by atoms with E-state index < -0.39 is 0 Å². The Bertz CT molecular complexity index is 813. The fourth-order valence-corrected chi connectivity index (χ4v) is 2.85. The second-order valence-electron chi connectivity index (χ2n) is 4.92. The molecule has 0 saturated heterocycles. The van der Waals surface area contributed by atoms with Crippen LogP contribution < -0.4 is 10.2 Å². The van der Waals surface area contributed by atoms with Crippen LogP contribution in [0.1, 0.15) is 12.5 Å². The minimum Gasteiger partial charge on any atom is -0.494 e. The van der Waals surface area contributed by atoms with Crippen molar-refractivity contribution >= 4 is 34.3 Å². The van der Waals surface area contributed by atoms with Crippen LogP contribution in [-0.4, -0.2) is 17.8 Å². The van der Waals surface area contributed by atoms with E-state index in [1.54, 1.807) is 6.21 Å². The number of anilines is 1. The van der Waals surface area contributed by atoms with Gasteiger partial charge in [0.2, 0.25) is 5.13 Å². The standard InChI is InChI=1S/C18H16ClN3OS/c1-2-23-16-9-3-13(4-10-16)11-20-22-18-21-17(12-24-18)14-5-7-15(19)8-6-14/h3-12H,2H2,1H3,(H,21,22). The Kier molecular flexibility index (Phi) is 5.46. The Labute approximate surface area is 149 Å². The van der Waals surface area contributed by atoms with Crippen molar-refractivity contribution in [2.45, 2.75) is 6.92 Å². The van der Waals surface area contributed by atoms with Crippen LogP contribution in [-0.2, 0) is 0 Å². The van der Waals surface area contributed by atoms with Crippen LogP contribution in [0.4, 0.5) is 5.13 Å². The van der Waals surface area contributed by atoms with Crippen LogP contribution in [0.15, 0.2) is 59.0 Å². The minimum absolute atomic E-state index is 0.662. The largest absolute Gasteiger partial charge is 0.494 e. The first-order valence-corrected chi connectivity index (χ1v) is 8.74. The van der Waals surface area contributed by atoms with Crippen molar-refractivity contribution < 1.29 is 4.74 Å². The number of hydrogen-bond donors (Lipinski definition) is 1. The molecule has 1 heterocycles. The third-order valence-electron chi connectivity index (χ3n) is 3.21. The van der Waals surface area contributed by atoms with Gasteiger partial charge in [-0.2, -0.15) is 5.10 Å². The molecule has 1 N–H and O–H groups in total. The second kappa shape index (κ2) is 7.95. The first-order valence-electron chi connectivity index (χ1n) is 7.48. The topological polar surface area (TPSA) is 46.5 Å². The Morgan fingerprint density at radius 2 is 1.92 bits per heavy atom. The molecule has 3 aromatic rings. The van der Waals surface area contributed by atoms with Crippen molar-refractivity contribution in [2.75, 3.05) is 12.0 Å². The molecule has 0 amide bonds. The zero-order valence-corrected chi connectivity index (χ0v) is 14.6. The molecule has 0 aliphatic carbocycles. The van der Waals surface area contributed by atoms with Crippen molar-refractivity contribution in [2.24, 2.45) is 5.10 Å². The number of benzene rings is 2. The summed E-state index contributed by atoms with van der Waals surface area (Å²) in [4.78, 5) is 4.51. The monoisotopic (exact) mass is 357 g/mol. The molecule has 3 rings (SSSR count). The van der Waals surface area contributed by atoms with E-state index >= 15 is 0 Å². The molecular formula is C18H16ClN3OS. The summed E-state index contributed by atoms with van der Waals surface area (Å²) in [5, 5.41) is 7.66. The summed E-state index contributed by atoms with van der Waals surface area (Å²) in [6.07, 6.45) is 1.75. The molecule has 6 heteroatoms. The van der Waals surface area contributed by atoms with Crippen LogP contribution in [0.5, 0.6) is 5.75 Å². The summed E-state index contributed by atoms with van der Waals surface area (Å²) >= 11 is 7.41. The Morgan fingerprint density at radius 1 is 1.17 bits per heavy atom. The number of halogens is 1. The van der Waals surface area contributed by atoms with E-state index in [1.165, 1.54) is 11.3 Å². The van der Waals surface area contributed by atoms with Gasteiger partial charge in [0.15, 0.2) is 0 Å². The molecule has 0 radical (unpaired) electrons. The quantitative estimate of drug-likeness (QED) is 0.480. The highest BCUT2D eigenvalue weighted by molar-refractivity contribution is 7.14. The average Bonchev–Trinajstić information content (AvgIpc) is 3.06. The van der Waals surface area contributed by atoms with Gasteiger partial charge in [-0.3, -0.25) is 5.43 Å². The van der Waals surface area contributed by atoms with E-state index in [0.717, 1.165) is 27.7 Å². The number of aromatic nitrogens is 1. The van der Waals surface area contributed by atoms with Crippen molar-refractivity contribution in [1.82, 2.24) is 4.98 Å². The maximum Gasteiger partial charge on any atom is 0.203 e. The number of rotatable bonds is 6. The highest BCUT2D eigenvalue weighted by Crippen LogP contribution is 2.25. The lowest BCUT2D eigenvalue weighted by molar-refractivity contribution is 0.340. The van der Waals surface area contributed by atoms with Gasteiger partial charge in [0.1, 0.15) is 5.75 Å². The van der Waals surface area contributed by atoms with E-state index in [-0.39, 0.29) is 0 Å². The van der Waals surface area contributed by atoms with E-state index in [1.807, 2.05) is 60.8 Å². The van der Waals surface area contributed by atoms with Crippen LogP contribution in [0, 0.1) is 0 Å². The van der Waals surface area contributed by atoms with Crippen molar-refractivity contribution in [3.05, 3.63) is 64.5 Å². The van der Waals surface area contributed by atoms with Crippen molar-refractivity contribution in [1.29, 1.82) is 0 Å². The molecule has 0 atom stereocenters. The van der Waals surface area contributed by atoms with Crippen LogP contribution in [0.3, 0.4) is 0 Å². The fraction of sp³-hybridized carbons (Fsp3) is 0.111. The molecule has 2 aromatic carbocycles. The molecule has 1 aromatic heterocycles. The first-order chi connectivity index (χ1) is 11.7. The highest BCUT2D eigenvalue weighted by Gasteiger charge is 2.03. The SMILES string of the molecule is CCOc1ccc(C=NNc2nc(-c3ccc(Cl)cc3)cs2)cc1. The van der Waals surface area contributed by atoms with Gasteiger partial charge in [-0.15, -0.1) is 11.3 Å². The predicted octanol–water partition coefficient (Wildman–Crippen LogP) is 5.31. The average molecular weight is 358 g/mol. The van der Waals surface area contributed by atoms with Gasteiger partial charge in [-0.05, 0) is 48.9 Å². The molecule has 0 unspecified atom stereocenters. The van der Waals surface area contributed by atoms with Gasteiger partial charge in [-0.1, -0.05) is 23.7 Å². The van der Waals surface area contributed by atoms with Gasteiger partial charge in [0, 0.05) is 16.0 Å². The molecule has 0 bridgehead atoms. The molecule has 24 heavy (non-hydrogen) atoms. The van der Waals surface area contributed by atoms with Gasteiger partial charge in [0.05, 0.1) is 18.5 Å². The third kappa shape index (κ3) is 4.34. The van der Waals surface area contributed by atoms with Gasteiger partial charge >= 0.3 is 0 Å². The van der Waals surface area contributed by atoms with Gasteiger partial charge in [0.25, 0.3) is 0 Å². The zero-order valence-electron chi connectivity index (χ0n) is 13.1. The summed E-state index contributed by atoms with van der Waals surface area (Å²) in [6, 6.07) is 15.4. The maximum atomic E-state index is 5.90. The summed E-state index contributed by atoms with van der Waals surface area (Å²) in [7, 11) is 0. The van der Waals surface area contributed by atoms with Crippen LogP contribution in [0.25, 0.3) is 11.3 Å². The van der Waals surface area contributed by atoms with Gasteiger partial charge < -0.3 is 4.74 Å². The Morgan fingerprint density at radius 3 is 2.62 bits per heavy atom. The zero-order chi connectivity index (χ0) is 16.8. The van der Waals surface area contributed by atoms with Crippen molar-refractivity contribution in [3.63, 3.8) is 0 Å².